The highest BCUT2D eigenvalue weighted by molar-refractivity contribution is 6.30. The quantitative estimate of drug-likeness (QED) is 0.0741. The van der Waals surface area contributed by atoms with Gasteiger partial charge in [-0.05, 0) is 116 Å². The summed E-state index contributed by atoms with van der Waals surface area (Å²) in [6.45, 7) is 27.5. The average Bonchev–Trinajstić information content (AvgIpc) is 3.11. The molecule has 0 spiro atoms. The SMILES string of the molecule is CCC(C)(C)CC=CC(C)(CC)C(C)(C)CC(C)(C)C(=O)NCC(C)CC(C)C(NC(=O)C(C)(C)Oc1ccc(C(=O)c2ccc(Cl)cc2)cc1)C(=O)OC. The van der Waals surface area contributed by atoms with Crippen molar-refractivity contribution in [3.63, 3.8) is 0 Å². The number of ether oxygens (including phenoxy) is 2. The predicted octanol–water partition coefficient (Wildman–Crippen LogP) is 10.4. The summed E-state index contributed by atoms with van der Waals surface area (Å²) >= 11 is 5.95. The van der Waals surface area contributed by atoms with E-state index in [1.165, 1.54) is 7.11 Å². The van der Waals surface area contributed by atoms with Gasteiger partial charge in [0, 0.05) is 28.1 Å². The van der Waals surface area contributed by atoms with E-state index < -0.39 is 28.9 Å². The molecular formula is C46H69ClN2O6. The molecule has 306 valence electrons. The Hall–Kier alpha value is -3.65. The molecule has 55 heavy (non-hydrogen) atoms. The third kappa shape index (κ3) is 13.5. The van der Waals surface area contributed by atoms with Gasteiger partial charge in [0.05, 0.1) is 7.11 Å². The lowest BCUT2D eigenvalue weighted by Crippen LogP contribution is -2.54. The molecule has 4 atom stereocenters. The summed E-state index contributed by atoms with van der Waals surface area (Å²) in [4.78, 5) is 53.1. The molecule has 2 amide bonds. The van der Waals surface area contributed by atoms with Gasteiger partial charge >= 0.3 is 5.97 Å². The van der Waals surface area contributed by atoms with Gasteiger partial charge in [0.15, 0.2) is 11.4 Å². The lowest BCUT2D eigenvalue weighted by molar-refractivity contribution is -0.149. The Balaban J connectivity index is 2.04. The number of halogens is 1. The zero-order valence-electron chi connectivity index (χ0n) is 36.1. The van der Waals surface area contributed by atoms with E-state index >= 15 is 0 Å². The van der Waals surface area contributed by atoms with E-state index in [2.05, 4.69) is 71.3 Å². The van der Waals surface area contributed by atoms with Crippen LogP contribution in [0.5, 0.6) is 5.75 Å². The third-order valence-electron chi connectivity index (χ3n) is 11.7. The summed E-state index contributed by atoms with van der Waals surface area (Å²) in [5.41, 5.74) is -0.957. The number of carbonyl (C=O) groups excluding carboxylic acids is 4. The molecule has 8 nitrogen and oxygen atoms in total. The van der Waals surface area contributed by atoms with Gasteiger partial charge in [0.1, 0.15) is 11.8 Å². The maximum Gasteiger partial charge on any atom is 0.328 e. The predicted molar refractivity (Wildman–Crippen MR) is 224 cm³/mol. The first-order valence-corrected chi connectivity index (χ1v) is 20.2. The molecule has 2 aromatic rings. The molecule has 0 bridgehead atoms. The van der Waals surface area contributed by atoms with Crippen LogP contribution in [0.2, 0.25) is 5.02 Å². The number of amides is 2. The summed E-state index contributed by atoms with van der Waals surface area (Å²) < 4.78 is 11.1. The molecule has 0 aliphatic rings. The summed E-state index contributed by atoms with van der Waals surface area (Å²) in [7, 11) is 1.29. The van der Waals surface area contributed by atoms with Crippen molar-refractivity contribution >= 4 is 35.2 Å². The maximum atomic E-state index is 13.7. The first kappa shape index (κ1) is 47.5. The van der Waals surface area contributed by atoms with E-state index in [0.717, 1.165) is 19.3 Å². The lowest BCUT2D eigenvalue weighted by Gasteiger charge is -2.46. The van der Waals surface area contributed by atoms with Crippen molar-refractivity contribution in [1.82, 2.24) is 10.6 Å². The van der Waals surface area contributed by atoms with Gasteiger partial charge in [0.2, 0.25) is 5.91 Å². The molecule has 0 heterocycles. The molecule has 0 aromatic heterocycles. The van der Waals surface area contributed by atoms with Crippen molar-refractivity contribution < 1.29 is 28.7 Å². The second-order valence-electron chi connectivity index (χ2n) is 18.3. The smallest absolute Gasteiger partial charge is 0.328 e. The molecule has 0 aliphatic carbocycles. The van der Waals surface area contributed by atoms with Crippen LogP contribution in [0.4, 0.5) is 0 Å². The Kier molecular flexibility index (Phi) is 16.8. The van der Waals surface area contributed by atoms with Crippen molar-refractivity contribution in [2.24, 2.45) is 33.5 Å². The standard InChI is InChI=1S/C46H69ClN2O6/c1-15-42(5,6)26-17-27-46(13,16-2)44(9,10)30-43(7,8)40(52)48-29-31(3)28-32(4)37(39(51)54-14)49-41(53)45(11,12)55-36-24-20-34(21-25-36)38(50)33-18-22-35(47)23-19-33/h17-25,27,31-32,37H,15-16,26,28-30H2,1-14H3,(H,48,52)(H,49,53). The fourth-order valence-electron chi connectivity index (χ4n) is 7.01. The normalized spacial score (nSPS) is 15.4. The van der Waals surface area contributed by atoms with Crippen LogP contribution in [0.25, 0.3) is 0 Å². The fourth-order valence-corrected chi connectivity index (χ4v) is 7.14. The van der Waals surface area contributed by atoms with Gasteiger partial charge in [0.25, 0.3) is 5.91 Å². The molecule has 2 aromatic carbocycles. The minimum atomic E-state index is -1.36. The van der Waals surface area contributed by atoms with E-state index in [4.69, 9.17) is 21.1 Å². The number of benzene rings is 2. The van der Waals surface area contributed by atoms with Gasteiger partial charge in [-0.25, -0.2) is 4.79 Å². The van der Waals surface area contributed by atoms with Crippen LogP contribution in [0.3, 0.4) is 0 Å². The number of ketones is 1. The van der Waals surface area contributed by atoms with Gasteiger partial charge < -0.3 is 20.1 Å². The zero-order chi connectivity index (χ0) is 42.0. The van der Waals surface area contributed by atoms with Crippen LogP contribution in [-0.2, 0) is 19.1 Å². The van der Waals surface area contributed by atoms with E-state index in [1.54, 1.807) is 62.4 Å². The van der Waals surface area contributed by atoms with Crippen LogP contribution < -0.4 is 15.4 Å². The van der Waals surface area contributed by atoms with Crippen molar-refractivity contribution in [3.8, 4) is 5.75 Å². The van der Waals surface area contributed by atoms with Crippen LogP contribution in [-0.4, -0.2) is 48.9 Å². The highest BCUT2D eigenvalue weighted by atomic mass is 35.5. The number of hydrogen-bond donors (Lipinski definition) is 2. The summed E-state index contributed by atoms with van der Waals surface area (Å²) in [5.74, 6) is -1.14. The fraction of sp³-hybridized carbons (Fsp3) is 0.609. The zero-order valence-corrected chi connectivity index (χ0v) is 36.8. The van der Waals surface area contributed by atoms with Crippen molar-refractivity contribution in [3.05, 3.63) is 76.8 Å². The lowest BCUT2D eigenvalue weighted by atomic mass is 9.59. The monoisotopic (exact) mass is 780 g/mol. The topological polar surface area (TPSA) is 111 Å². The first-order chi connectivity index (χ1) is 25.3. The largest absolute Gasteiger partial charge is 0.478 e. The molecule has 4 unspecified atom stereocenters. The molecular weight excluding hydrogens is 712 g/mol. The van der Waals surface area contributed by atoms with E-state index in [9.17, 15) is 19.2 Å². The Morgan fingerprint density at radius 3 is 1.85 bits per heavy atom. The molecule has 0 aliphatic heterocycles. The average molecular weight is 782 g/mol. The number of carbonyl (C=O) groups is 4. The van der Waals surface area contributed by atoms with E-state index in [1.807, 2.05) is 27.7 Å². The second-order valence-corrected chi connectivity index (χ2v) is 18.8. The summed E-state index contributed by atoms with van der Waals surface area (Å²) in [6.07, 6.45) is 9.07. The minimum absolute atomic E-state index is 0.00581. The van der Waals surface area contributed by atoms with Gasteiger partial charge in [-0.3, -0.25) is 14.4 Å². The van der Waals surface area contributed by atoms with Crippen molar-refractivity contribution in [2.45, 2.75) is 134 Å². The number of rotatable bonds is 21. The Morgan fingerprint density at radius 1 is 0.800 bits per heavy atom. The molecule has 0 fully saturated rings. The number of hydrogen-bond acceptors (Lipinski definition) is 6. The number of allylic oxidation sites excluding steroid dienone is 2. The van der Waals surface area contributed by atoms with Crippen molar-refractivity contribution in [1.29, 1.82) is 0 Å². The van der Waals surface area contributed by atoms with Crippen LogP contribution >= 0.6 is 11.6 Å². The van der Waals surface area contributed by atoms with Gasteiger partial charge in [-0.15, -0.1) is 0 Å². The summed E-state index contributed by atoms with van der Waals surface area (Å²) in [5, 5.41) is 6.58. The van der Waals surface area contributed by atoms with Crippen LogP contribution in [0.15, 0.2) is 60.7 Å². The molecule has 9 heteroatoms. The minimum Gasteiger partial charge on any atom is -0.478 e. The van der Waals surface area contributed by atoms with Crippen LogP contribution in [0, 0.1) is 33.5 Å². The van der Waals surface area contributed by atoms with E-state index in [-0.39, 0.29) is 39.8 Å². The third-order valence-corrected chi connectivity index (χ3v) is 12.0. The highest BCUT2D eigenvalue weighted by Gasteiger charge is 2.44. The van der Waals surface area contributed by atoms with Crippen LogP contribution in [0.1, 0.15) is 138 Å². The molecule has 2 N–H and O–H groups in total. The van der Waals surface area contributed by atoms with Gasteiger partial charge in [-0.1, -0.05) is 106 Å². The molecule has 0 saturated carbocycles. The Morgan fingerprint density at radius 2 is 1.35 bits per heavy atom. The highest BCUT2D eigenvalue weighted by Crippen LogP contribution is 2.50. The maximum absolute atomic E-state index is 13.7. The number of esters is 1. The first-order valence-electron chi connectivity index (χ1n) is 19.8. The molecule has 0 saturated heterocycles. The Labute approximate surface area is 336 Å². The number of methoxy groups -OCH3 is 1. The van der Waals surface area contributed by atoms with Gasteiger partial charge in [-0.2, -0.15) is 0 Å². The molecule has 2 rings (SSSR count). The summed E-state index contributed by atoms with van der Waals surface area (Å²) in [6, 6.07) is 12.3. The Bertz CT molecular complexity index is 1630. The number of nitrogens with one attached hydrogen (secondary N) is 2. The second kappa shape index (κ2) is 19.5. The van der Waals surface area contributed by atoms with E-state index in [0.29, 0.717) is 41.3 Å². The van der Waals surface area contributed by atoms with Crippen molar-refractivity contribution in [2.75, 3.05) is 13.7 Å². The molecule has 0 radical (unpaired) electrons.